The van der Waals surface area contributed by atoms with Gasteiger partial charge in [0.2, 0.25) is 9.84 Å². The van der Waals surface area contributed by atoms with E-state index in [1.165, 1.54) is 6.07 Å². The molecule has 1 aromatic carbocycles. The fourth-order valence-corrected chi connectivity index (χ4v) is 5.26. The summed E-state index contributed by atoms with van der Waals surface area (Å²) in [5.74, 6) is -0.0986. The van der Waals surface area contributed by atoms with E-state index in [0.717, 1.165) is 24.4 Å². The van der Waals surface area contributed by atoms with Crippen LogP contribution in [-0.2, 0) is 9.84 Å². The second kappa shape index (κ2) is 7.65. The minimum Gasteiger partial charge on any atom is -0.333 e. The van der Waals surface area contributed by atoms with Crippen LogP contribution in [-0.4, -0.2) is 44.9 Å². The Bertz CT molecular complexity index is 806. The summed E-state index contributed by atoms with van der Waals surface area (Å²) in [6.07, 6.45) is 0. The molecule has 0 saturated carbocycles. The molecule has 0 spiro atoms. The molecular formula is C16H19ClN2O3S2. The fraction of sp³-hybridized carbons (Fsp3) is 0.312. The van der Waals surface area contributed by atoms with Gasteiger partial charge in [0.15, 0.2) is 0 Å². The van der Waals surface area contributed by atoms with Crippen LogP contribution in [0.3, 0.4) is 0 Å². The van der Waals surface area contributed by atoms with Crippen LogP contribution in [0.25, 0.3) is 0 Å². The maximum absolute atomic E-state index is 12.6. The summed E-state index contributed by atoms with van der Waals surface area (Å²) in [4.78, 5) is 15.1. The standard InChI is InChI=1S/C16H18N2O3S2.ClH/c1-12-11-17-9-10-18(12)16(19)14-7-8-15(22-14)23(20,21)13-5-3-2-4-6-13;/h2-8,12,17H,9-11H2,1H3;1H/t12-;/m0./s1. The topological polar surface area (TPSA) is 66.5 Å². The molecule has 2 aromatic rings. The van der Waals surface area contributed by atoms with Gasteiger partial charge in [-0.1, -0.05) is 18.2 Å². The number of hydrogen-bond donors (Lipinski definition) is 1. The highest BCUT2D eigenvalue weighted by atomic mass is 35.5. The minimum absolute atomic E-state index is 0. The summed E-state index contributed by atoms with van der Waals surface area (Å²) in [5.41, 5.74) is 0. The maximum Gasteiger partial charge on any atom is 0.264 e. The maximum atomic E-state index is 12.6. The molecule has 1 amide bonds. The number of nitrogens with one attached hydrogen (secondary N) is 1. The van der Waals surface area contributed by atoms with Gasteiger partial charge in [-0.3, -0.25) is 4.79 Å². The highest BCUT2D eigenvalue weighted by molar-refractivity contribution is 7.93. The van der Waals surface area contributed by atoms with Crippen molar-refractivity contribution in [2.75, 3.05) is 19.6 Å². The lowest BCUT2D eigenvalue weighted by molar-refractivity contribution is 0.0661. The van der Waals surface area contributed by atoms with Crippen molar-refractivity contribution in [2.24, 2.45) is 0 Å². The van der Waals surface area contributed by atoms with E-state index in [9.17, 15) is 13.2 Å². The molecule has 24 heavy (non-hydrogen) atoms. The van der Waals surface area contributed by atoms with Crippen molar-refractivity contribution in [3.63, 3.8) is 0 Å². The third-order valence-corrected chi connectivity index (χ3v) is 7.21. The average Bonchev–Trinajstić information content (AvgIpc) is 3.06. The zero-order chi connectivity index (χ0) is 16.4. The van der Waals surface area contributed by atoms with Crippen molar-refractivity contribution in [2.45, 2.75) is 22.1 Å². The quantitative estimate of drug-likeness (QED) is 0.879. The Morgan fingerprint density at radius 2 is 1.92 bits per heavy atom. The monoisotopic (exact) mass is 386 g/mol. The summed E-state index contributed by atoms with van der Waals surface area (Å²) in [6.45, 7) is 4.14. The van der Waals surface area contributed by atoms with Crippen LogP contribution in [0.5, 0.6) is 0 Å². The van der Waals surface area contributed by atoms with Gasteiger partial charge in [-0.15, -0.1) is 23.7 Å². The molecule has 1 atom stereocenters. The summed E-state index contributed by atoms with van der Waals surface area (Å²) in [7, 11) is -3.56. The molecule has 0 aliphatic carbocycles. The van der Waals surface area contributed by atoms with Gasteiger partial charge in [0, 0.05) is 25.7 Å². The van der Waals surface area contributed by atoms with Crippen molar-refractivity contribution in [3.05, 3.63) is 47.3 Å². The molecular weight excluding hydrogens is 368 g/mol. The Hall–Kier alpha value is -1.41. The van der Waals surface area contributed by atoms with Crippen molar-refractivity contribution in [1.29, 1.82) is 0 Å². The molecule has 0 bridgehead atoms. The van der Waals surface area contributed by atoms with E-state index in [2.05, 4.69) is 5.32 Å². The molecule has 2 heterocycles. The predicted molar refractivity (Wildman–Crippen MR) is 96.8 cm³/mol. The second-order valence-corrected chi connectivity index (χ2v) is 8.75. The number of amides is 1. The number of carbonyl (C=O) groups excluding carboxylic acids is 1. The first-order valence-corrected chi connectivity index (χ1v) is 9.72. The van der Waals surface area contributed by atoms with Crippen molar-refractivity contribution in [1.82, 2.24) is 10.2 Å². The van der Waals surface area contributed by atoms with Crippen LogP contribution in [0.15, 0.2) is 51.6 Å². The lowest BCUT2D eigenvalue weighted by Gasteiger charge is -2.33. The molecule has 5 nitrogen and oxygen atoms in total. The highest BCUT2D eigenvalue weighted by Crippen LogP contribution is 2.28. The first-order chi connectivity index (χ1) is 11.0. The van der Waals surface area contributed by atoms with Gasteiger partial charge in [-0.05, 0) is 31.2 Å². The van der Waals surface area contributed by atoms with E-state index in [1.54, 1.807) is 41.3 Å². The molecule has 1 aliphatic rings. The summed E-state index contributed by atoms with van der Waals surface area (Å²) in [5, 5.41) is 3.24. The van der Waals surface area contributed by atoms with Gasteiger partial charge in [0.1, 0.15) is 4.21 Å². The lowest BCUT2D eigenvalue weighted by Crippen LogP contribution is -2.52. The largest absolute Gasteiger partial charge is 0.333 e. The highest BCUT2D eigenvalue weighted by Gasteiger charge is 2.27. The van der Waals surface area contributed by atoms with Gasteiger partial charge < -0.3 is 10.2 Å². The SMILES string of the molecule is C[C@H]1CNCCN1C(=O)c1ccc(S(=O)(=O)c2ccccc2)s1.Cl. The predicted octanol–water partition coefficient (Wildman–Crippen LogP) is 2.44. The fourth-order valence-electron chi connectivity index (χ4n) is 2.58. The van der Waals surface area contributed by atoms with Crippen molar-refractivity contribution < 1.29 is 13.2 Å². The Balaban J connectivity index is 0.00000208. The molecule has 130 valence electrons. The Labute approximate surface area is 152 Å². The lowest BCUT2D eigenvalue weighted by atomic mass is 10.2. The number of carbonyl (C=O) groups is 1. The first kappa shape index (κ1) is 18.9. The van der Waals surface area contributed by atoms with Gasteiger partial charge in [0.05, 0.1) is 9.77 Å². The van der Waals surface area contributed by atoms with Gasteiger partial charge in [-0.2, -0.15) is 0 Å². The van der Waals surface area contributed by atoms with Crippen LogP contribution in [0.1, 0.15) is 16.6 Å². The van der Waals surface area contributed by atoms with E-state index in [0.29, 0.717) is 11.4 Å². The molecule has 1 saturated heterocycles. The zero-order valence-corrected chi connectivity index (χ0v) is 15.6. The van der Waals surface area contributed by atoms with Crippen LogP contribution < -0.4 is 5.32 Å². The first-order valence-electron chi connectivity index (χ1n) is 7.42. The summed E-state index contributed by atoms with van der Waals surface area (Å²) < 4.78 is 25.4. The smallest absolute Gasteiger partial charge is 0.264 e. The number of halogens is 1. The molecule has 0 radical (unpaired) electrons. The van der Waals surface area contributed by atoms with Crippen molar-refractivity contribution >= 4 is 39.5 Å². The van der Waals surface area contributed by atoms with E-state index in [4.69, 9.17) is 0 Å². The number of thiophene rings is 1. The van der Waals surface area contributed by atoms with Crippen LogP contribution in [0.4, 0.5) is 0 Å². The Kier molecular flexibility index (Phi) is 6.03. The molecule has 1 N–H and O–H groups in total. The number of rotatable bonds is 3. The van der Waals surface area contributed by atoms with Crippen molar-refractivity contribution in [3.8, 4) is 0 Å². The Morgan fingerprint density at radius 1 is 1.21 bits per heavy atom. The van der Waals surface area contributed by atoms with Crippen LogP contribution in [0, 0.1) is 0 Å². The molecule has 3 rings (SSSR count). The zero-order valence-electron chi connectivity index (χ0n) is 13.1. The van der Waals surface area contributed by atoms with E-state index >= 15 is 0 Å². The molecule has 1 fully saturated rings. The molecule has 1 aliphatic heterocycles. The van der Waals surface area contributed by atoms with E-state index in [-0.39, 0.29) is 33.5 Å². The van der Waals surface area contributed by atoms with Crippen LogP contribution >= 0.6 is 23.7 Å². The third-order valence-electron chi connectivity index (χ3n) is 3.87. The molecule has 1 aromatic heterocycles. The number of sulfone groups is 1. The normalized spacial score (nSPS) is 18.0. The summed E-state index contributed by atoms with van der Waals surface area (Å²) >= 11 is 1.04. The van der Waals surface area contributed by atoms with E-state index in [1.807, 2.05) is 6.92 Å². The van der Waals surface area contributed by atoms with Crippen LogP contribution in [0.2, 0.25) is 0 Å². The van der Waals surface area contributed by atoms with Gasteiger partial charge in [0.25, 0.3) is 5.91 Å². The Morgan fingerprint density at radius 3 is 2.58 bits per heavy atom. The second-order valence-electron chi connectivity index (χ2n) is 5.49. The van der Waals surface area contributed by atoms with E-state index < -0.39 is 9.84 Å². The number of piperazine rings is 1. The minimum atomic E-state index is -3.56. The van der Waals surface area contributed by atoms with Gasteiger partial charge >= 0.3 is 0 Å². The summed E-state index contributed by atoms with van der Waals surface area (Å²) in [6, 6.07) is 11.5. The average molecular weight is 387 g/mol. The third kappa shape index (κ3) is 3.64. The van der Waals surface area contributed by atoms with Gasteiger partial charge in [-0.25, -0.2) is 8.42 Å². The number of nitrogens with zero attached hydrogens (tertiary/aromatic N) is 1. The molecule has 8 heteroatoms. The molecule has 0 unspecified atom stereocenters. The number of hydrogen-bond acceptors (Lipinski definition) is 5. The number of benzene rings is 1.